The quantitative estimate of drug-likeness (QED) is 0.719. The van der Waals surface area contributed by atoms with Crippen molar-refractivity contribution in [3.8, 4) is 16.9 Å². The number of carboxylic acid groups (broad SMARTS) is 1. The number of nitrogens with zero attached hydrogens (tertiary/aromatic N) is 1. The molecule has 0 radical (unpaired) electrons. The normalized spacial score (nSPS) is 23.5. The molecule has 2 aliphatic heterocycles. The summed E-state index contributed by atoms with van der Waals surface area (Å²) < 4.78 is 11.2. The smallest absolute Gasteiger partial charge is 0.335 e. The van der Waals surface area contributed by atoms with Crippen molar-refractivity contribution in [1.29, 1.82) is 0 Å². The first-order valence-corrected chi connectivity index (χ1v) is 11.8. The van der Waals surface area contributed by atoms with E-state index in [1.165, 1.54) is 12.0 Å². The van der Waals surface area contributed by atoms with Crippen LogP contribution < -0.4 is 4.74 Å². The Kier molecular flexibility index (Phi) is 5.65. The van der Waals surface area contributed by atoms with Gasteiger partial charge in [0.25, 0.3) is 5.91 Å². The number of rotatable bonds is 5. The lowest BCUT2D eigenvalue weighted by Crippen LogP contribution is -2.44. The number of benzene rings is 2. The van der Waals surface area contributed by atoms with Gasteiger partial charge in [-0.25, -0.2) is 4.79 Å². The number of carboxylic acids is 1. The standard InChI is InChI=1S/C27H31NO5/c1-17-14-20(26(30)31)15-21(24(17)32-2)18-5-7-19(8-6-18)22-16-27(22)9-11-28(12-10-27)25(29)23-4-3-13-33-23/h5-8,14-15,22-23H,3-4,9-13,16H2,1-2H3,(H,30,31)/t22-,23-/m1/s1. The van der Waals surface area contributed by atoms with Crippen molar-refractivity contribution in [2.75, 3.05) is 26.8 Å². The molecule has 6 nitrogen and oxygen atoms in total. The zero-order valence-corrected chi connectivity index (χ0v) is 19.3. The van der Waals surface area contributed by atoms with E-state index < -0.39 is 5.97 Å². The number of likely N-dealkylation sites (tertiary alicyclic amines) is 1. The van der Waals surface area contributed by atoms with Crippen molar-refractivity contribution in [1.82, 2.24) is 4.90 Å². The van der Waals surface area contributed by atoms with Gasteiger partial charge in [-0.1, -0.05) is 24.3 Å². The number of amides is 1. The summed E-state index contributed by atoms with van der Waals surface area (Å²) in [6.07, 6.45) is 4.89. The number of aromatic carboxylic acids is 1. The van der Waals surface area contributed by atoms with E-state index in [4.69, 9.17) is 9.47 Å². The second kappa shape index (κ2) is 8.49. The lowest BCUT2D eigenvalue weighted by molar-refractivity contribution is -0.142. The number of methoxy groups -OCH3 is 1. The van der Waals surface area contributed by atoms with Crippen LogP contribution in [0.3, 0.4) is 0 Å². The maximum absolute atomic E-state index is 12.7. The lowest BCUT2D eigenvalue weighted by Gasteiger charge is -2.34. The molecule has 33 heavy (non-hydrogen) atoms. The number of carbonyl (C=O) groups is 2. The minimum Gasteiger partial charge on any atom is -0.496 e. The van der Waals surface area contributed by atoms with Gasteiger partial charge in [-0.15, -0.1) is 0 Å². The number of piperidine rings is 1. The summed E-state index contributed by atoms with van der Waals surface area (Å²) >= 11 is 0. The van der Waals surface area contributed by atoms with Gasteiger partial charge < -0.3 is 19.5 Å². The second-order valence-electron chi connectivity index (χ2n) is 9.75. The van der Waals surface area contributed by atoms with Crippen molar-refractivity contribution in [3.63, 3.8) is 0 Å². The molecule has 174 valence electrons. The summed E-state index contributed by atoms with van der Waals surface area (Å²) in [5.41, 5.74) is 4.45. The van der Waals surface area contributed by atoms with Crippen molar-refractivity contribution in [3.05, 3.63) is 53.1 Å². The first kappa shape index (κ1) is 22.0. The molecule has 2 atom stereocenters. The SMILES string of the molecule is COc1c(C)cc(C(=O)O)cc1-c1ccc([C@H]2CC23CCN(C(=O)[C@H]2CCCO2)CC3)cc1. The highest BCUT2D eigenvalue weighted by atomic mass is 16.5. The number of carbonyl (C=O) groups excluding carboxylic acids is 1. The number of hydrogen-bond acceptors (Lipinski definition) is 4. The molecular weight excluding hydrogens is 418 g/mol. The van der Waals surface area contributed by atoms with Gasteiger partial charge in [-0.05, 0) is 79.2 Å². The Hall–Kier alpha value is -2.86. The maximum Gasteiger partial charge on any atom is 0.335 e. The molecule has 0 aromatic heterocycles. The highest BCUT2D eigenvalue weighted by molar-refractivity contribution is 5.91. The van der Waals surface area contributed by atoms with Crippen LogP contribution in [0.4, 0.5) is 0 Å². The van der Waals surface area contributed by atoms with Crippen molar-refractivity contribution in [2.24, 2.45) is 5.41 Å². The largest absolute Gasteiger partial charge is 0.496 e. The van der Waals surface area contributed by atoms with E-state index in [-0.39, 0.29) is 17.6 Å². The molecule has 3 fully saturated rings. The Labute approximate surface area is 194 Å². The fourth-order valence-corrected chi connectivity index (χ4v) is 5.80. The van der Waals surface area contributed by atoms with E-state index in [2.05, 4.69) is 24.3 Å². The van der Waals surface area contributed by atoms with Crippen molar-refractivity contribution < 1.29 is 24.2 Å². The molecule has 2 aromatic carbocycles. The van der Waals surface area contributed by atoms with E-state index in [9.17, 15) is 14.7 Å². The Morgan fingerprint density at radius 1 is 1.15 bits per heavy atom. The molecule has 6 heteroatoms. The van der Waals surface area contributed by atoms with Gasteiger partial charge in [0.15, 0.2) is 0 Å². The predicted octanol–water partition coefficient (Wildman–Crippen LogP) is 4.64. The third-order valence-electron chi connectivity index (χ3n) is 7.82. The highest BCUT2D eigenvalue weighted by Gasteiger charge is 2.55. The van der Waals surface area contributed by atoms with E-state index in [0.29, 0.717) is 23.7 Å². The Morgan fingerprint density at radius 2 is 1.88 bits per heavy atom. The Morgan fingerprint density at radius 3 is 2.48 bits per heavy atom. The molecule has 0 unspecified atom stereocenters. The molecule has 2 heterocycles. The summed E-state index contributed by atoms with van der Waals surface area (Å²) in [5, 5.41) is 9.45. The van der Waals surface area contributed by atoms with Gasteiger partial charge in [-0.2, -0.15) is 0 Å². The van der Waals surface area contributed by atoms with Gasteiger partial charge in [0.05, 0.1) is 12.7 Å². The molecule has 1 aliphatic carbocycles. The third-order valence-corrected chi connectivity index (χ3v) is 7.82. The van der Waals surface area contributed by atoms with Crippen molar-refractivity contribution in [2.45, 2.75) is 51.0 Å². The minimum atomic E-state index is -0.942. The van der Waals surface area contributed by atoms with Crippen LogP contribution in [0.5, 0.6) is 5.75 Å². The molecule has 2 saturated heterocycles. The zero-order valence-electron chi connectivity index (χ0n) is 19.3. The van der Waals surface area contributed by atoms with Crippen molar-refractivity contribution >= 4 is 11.9 Å². The molecule has 5 rings (SSSR count). The minimum absolute atomic E-state index is 0.178. The summed E-state index contributed by atoms with van der Waals surface area (Å²) in [7, 11) is 1.62. The van der Waals surface area contributed by atoms with Gasteiger partial charge in [0, 0.05) is 25.3 Å². The van der Waals surface area contributed by atoms with Crippen LogP contribution in [-0.2, 0) is 9.53 Å². The summed E-state index contributed by atoms with van der Waals surface area (Å²) in [5.74, 6) is 0.471. The van der Waals surface area contributed by atoms with Gasteiger partial charge in [0.2, 0.25) is 0 Å². The predicted molar refractivity (Wildman–Crippen MR) is 125 cm³/mol. The van der Waals surface area contributed by atoms with Crippen LogP contribution in [0.1, 0.15) is 59.5 Å². The van der Waals surface area contributed by atoms with Crippen LogP contribution in [-0.4, -0.2) is 54.8 Å². The van der Waals surface area contributed by atoms with Crippen LogP contribution in [0.15, 0.2) is 36.4 Å². The summed E-state index contributed by atoms with van der Waals surface area (Å²) in [4.78, 5) is 26.2. The van der Waals surface area contributed by atoms with E-state index in [1.54, 1.807) is 19.2 Å². The molecule has 1 N–H and O–H groups in total. The highest BCUT2D eigenvalue weighted by Crippen LogP contribution is 2.65. The van der Waals surface area contributed by atoms with Crippen LogP contribution in [0.2, 0.25) is 0 Å². The average Bonchev–Trinajstić information content (AvgIpc) is 3.24. The molecule has 1 saturated carbocycles. The lowest BCUT2D eigenvalue weighted by atomic mass is 9.88. The first-order valence-electron chi connectivity index (χ1n) is 11.8. The van der Waals surface area contributed by atoms with Gasteiger partial charge in [-0.3, -0.25) is 4.79 Å². The number of aryl methyl sites for hydroxylation is 1. The molecule has 1 amide bonds. The molecule has 3 aliphatic rings. The van der Waals surface area contributed by atoms with Crippen LogP contribution >= 0.6 is 0 Å². The number of hydrogen-bond donors (Lipinski definition) is 1. The third kappa shape index (κ3) is 4.01. The molecule has 0 bridgehead atoms. The van der Waals surface area contributed by atoms with Crippen LogP contribution in [0.25, 0.3) is 11.1 Å². The number of ether oxygens (including phenoxy) is 2. The average molecular weight is 450 g/mol. The Balaban J connectivity index is 1.28. The summed E-state index contributed by atoms with van der Waals surface area (Å²) in [6, 6.07) is 11.8. The molecular formula is C27H31NO5. The molecule has 1 spiro atoms. The summed E-state index contributed by atoms with van der Waals surface area (Å²) in [6.45, 7) is 4.23. The zero-order chi connectivity index (χ0) is 23.2. The fourth-order valence-electron chi connectivity index (χ4n) is 5.80. The van der Waals surface area contributed by atoms with E-state index >= 15 is 0 Å². The monoisotopic (exact) mass is 449 g/mol. The van der Waals surface area contributed by atoms with Gasteiger partial charge >= 0.3 is 5.97 Å². The Bertz CT molecular complexity index is 1060. The van der Waals surface area contributed by atoms with E-state index in [0.717, 1.165) is 55.5 Å². The second-order valence-corrected chi connectivity index (χ2v) is 9.75. The first-order chi connectivity index (χ1) is 15.9. The molecule has 2 aromatic rings. The van der Waals surface area contributed by atoms with E-state index in [1.807, 2.05) is 11.8 Å². The topological polar surface area (TPSA) is 76.1 Å². The fraction of sp³-hybridized carbons (Fsp3) is 0.481. The maximum atomic E-state index is 12.7. The van der Waals surface area contributed by atoms with Gasteiger partial charge in [0.1, 0.15) is 11.9 Å². The van der Waals surface area contributed by atoms with Crippen LogP contribution in [0, 0.1) is 12.3 Å².